The third kappa shape index (κ3) is 4.03. The molecule has 15 heavy (non-hydrogen) atoms. The molecular formula is C14H18O. The van der Waals surface area contributed by atoms with Crippen molar-refractivity contribution in [3.05, 3.63) is 53.8 Å². The molecule has 0 spiro atoms. The van der Waals surface area contributed by atoms with Crippen LogP contribution in [0.15, 0.2) is 48.3 Å². The van der Waals surface area contributed by atoms with E-state index in [1.165, 1.54) is 5.56 Å². The average Bonchev–Trinajstić information content (AvgIpc) is 2.27. The summed E-state index contributed by atoms with van der Waals surface area (Å²) in [5, 5.41) is 0. The summed E-state index contributed by atoms with van der Waals surface area (Å²) in [4.78, 5) is 0. The molecule has 1 rings (SSSR count). The Labute approximate surface area is 92.1 Å². The highest BCUT2D eigenvalue weighted by Crippen LogP contribution is 2.16. The molecule has 0 aliphatic rings. The van der Waals surface area contributed by atoms with Crippen LogP contribution >= 0.6 is 0 Å². The number of benzene rings is 1. The van der Waals surface area contributed by atoms with Crippen LogP contribution in [0.25, 0.3) is 0 Å². The van der Waals surface area contributed by atoms with E-state index >= 15 is 0 Å². The Hall–Kier alpha value is -1.50. The Morgan fingerprint density at radius 2 is 1.93 bits per heavy atom. The molecule has 1 heteroatoms. The number of hydrogen-bond acceptors (Lipinski definition) is 1. The lowest BCUT2D eigenvalue weighted by Gasteiger charge is -2.07. The first-order valence-corrected chi connectivity index (χ1v) is 5.32. The number of allylic oxidation sites excluding steroid dienone is 4. The number of aryl methyl sites for hydroxylation is 1. The molecule has 1 aromatic rings. The normalized spacial score (nSPS) is 12.1. The van der Waals surface area contributed by atoms with Gasteiger partial charge in [0.05, 0.1) is 0 Å². The summed E-state index contributed by atoms with van der Waals surface area (Å²) in [5.41, 5.74) is 1.25. The third-order valence-corrected chi connectivity index (χ3v) is 2.09. The van der Waals surface area contributed by atoms with Crippen LogP contribution in [0.5, 0.6) is 5.75 Å². The first kappa shape index (κ1) is 11.6. The molecule has 1 nitrogen and oxygen atoms in total. The molecule has 0 N–H and O–H groups in total. The SMILES string of the molecule is CC=CC=C(CC)Oc1ccc(C)cc1. The predicted octanol–water partition coefficient (Wildman–Crippen LogP) is 4.24. The Balaban J connectivity index is 2.71. The summed E-state index contributed by atoms with van der Waals surface area (Å²) in [6, 6.07) is 8.10. The van der Waals surface area contributed by atoms with Crippen molar-refractivity contribution in [2.24, 2.45) is 0 Å². The second-order valence-corrected chi connectivity index (χ2v) is 3.43. The van der Waals surface area contributed by atoms with Gasteiger partial charge in [-0.05, 0) is 32.1 Å². The maximum Gasteiger partial charge on any atom is 0.126 e. The minimum Gasteiger partial charge on any atom is -0.462 e. The van der Waals surface area contributed by atoms with Crippen LogP contribution in [0, 0.1) is 6.92 Å². The highest BCUT2D eigenvalue weighted by molar-refractivity contribution is 5.28. The zero-order chi connectivity index (χ0) is 11.1. The zero-order valence-corrected chi connectivity index (χ0v) is 9.66. The lowest BCUT2D eigenvalue weighted by molar-refractivity contribution is 0.409. The maximum atomic E-state index is 5.73. The highest BCUT2D eigenvalue weighted by atomic mass is 16.5. The van der Waals surface area contributed by atoms with E-state index in [0.29, 0.717) is 0 Å². The van der Waals surface area contributed by atoms with Crippen LogP contribution in [0.4, 0.5) is 0 Å². The first-order valence-electron chi connectivity index (χ1n) is 5.32. The van der Waals surface area contributed by atoms with Crippen LogP contribution in [-0.2, 0) is 0 Å². The largest absolute Gasteiger partial charge is 0.462 e. The molecule has 0 unspecified atom stereocenters. The van der Waals surface area contributed by atoms with E-state index in [-0.39, 0.29) is 0 Å². The third-order valence-electron chi connectivity index (χ3n) is 2.09. The zero-order valence-electron chi connectivity index (χ0n) is 9.66. The fourth-order valence-electron chi connectivity index (χ4n) is 1.19. The molecule has 1 aromatic carbocycles. The van der Waals surface area contributed by atoms with Crippen molar-refractivity contribution in [3.8, 4) is 5.75 Å². The number of rotatable bonds is 4. The predicted molar refractivity (Wildman–Crippen MR) is 65.0 cm³/mol. The van der Waals surface area contributed by atoms with Crippen molar-refractivity contribution in [2.45, 2.75) is 27.2 Å². The quantitative estimate of drug-likeness (QED) is 0.524. The smallest absolute Gasteiger partial charge is 0.126 e. The van der Waals surface area contributed by atoms with Crippen molar-refractivity contribution in [3.63, 3.8) is 0 Å². The summed E-state index contributed by atoms with van der Waals surface area (Å²) in [5.74, 6) is 1.88. The van der Waals surface area contributed by atoms with E-state index in [0.717, 1.165) is 17.9 Å². The minimum atomic E-state index is 0.901. The summed E-state index contributed by atoms with van der Waals surface area (Å²) in [7, 11) is 0. The van der Waals surface area contributed by atoms with Crippen molar-refractivity contribution >= 4 is 0 Å². The van der Waals surface area contributed by atoms with E-state index in [1.54, 1.807) is 0 Å². The monoisotopic (exact) mass is 202 g/mol. The van der Waals surface area contributed by atoms with E-state index < -0.39 is 0 Å². The molecule has 0 radical (unpaired) electrons. The number of ether oxygens (including phenoxy) is 1. The van der Waals surface area contributed by atoms with Gasteiger partial charge < -0.3 is 4.74 Å². The van der Waals surface area contributed by atoms with Gasteiger partial charge in [-0.1, -0.05) is 36.8 Å². The molecule has 0 aliphatic heterocycles. The number of hydrogen-bond donors (Lipinski definition) is 0. The molecule has 0 saturated heterocycles. The fourth-order valence-corrected chi connectivity index (χ4v) is 1.19. The molecule has 80 valence electrons. The van der Waals surface area contributed by atoms with Gasteiger partial charge in [0, 0.05) is 6.42 Å². The highest BCUT2D eigenvalue weighted by Gasteiger charge is 1.96. The molecule has 0 heterocycles. The molecule has 0 aromatic heterocycles. The van der Waals surface area contributed by atoms with Crippen LogP contribution in [0.2, 0.25) is 0 Å². The summed E-state index contributed by atoms with van der Waals surface area (Å²) in [6.07, 6.45) is 6.89. The van der Waals surface area contributed by atoms with Gasteiger partial charge in [-0.15, -0.1) is 0 Å². The second-order valence-electron chi connectivity index (χ2n) is 3.43. The summed E-state index contributed by atoms with van der Waals surface area (Å²) >= 11 is 0. The van der Waals surface area contributed by atoms with Crippen molar-refractivity contribution in [1.29, 1.82) is 0 Å². The van der Waals surface area contributed by atoms with Gasteiger partial charge in [-0.25, -0.2) is 0 Å². The molecule has 0 bridgehead atoms. The van der Waals surface area contributed by atoms with Gasteiger partial charge in [-0.3, -0.25) is 0 Å². The Morgan fingerprint density at radius 1 is 1.27 bits per heavy atom. The first-order chi connectivity index (χ1) is 7.26. The van der Waals surface area contributed by atoms with E-state index in [2.05, 4.69) is 26.0 Å². The van der Waals surface area contributed by atoms with Crippen molar-refractivity contribution < 1.29 is 4.74 Å². The maximum absolute atomic E-state index is 5.73. The van der Waals surface area contributed by atoms with Gasteiger partial charge in [0.15, 0.2) is 0 Å². The molecular weight excluding hydrogens is 184 g/mol. The fraction of sp³-hybridized carbons (Fsp3) is 0.286. The van der Waals surface area contributed by atoms with Gasteiger partial charge in [0.2, 0.25) is 0 Å². The van der Waals surface area contributed by atoms with Gasteiger partial charge in [0.1, 0.15) is 11.5 Å². The standard InChI is InChI=1S/C14H18O/c1-4-6-7-13(5-2)15-14-10-8-12(3)9-11-14/h4,6-11H,5H2,1-3H3. The molecule has 0 aliphatic carbocycles. The minimum absolute atomic E-state index is 0.901. The summed E-state index contributed by atoms with van der Waals surface area (Å²) in [6.45, 7) is 6.15. The van der Waals surface area contributed by atoms with Crippen LogP contribution in [0.1, 0.15) is 25.8 Å². The van der Waals surface area contributed by atoms with E-state index in [1.807, 2.05) is 37.3 Å². The van der Waals surface area contributed by atoms with Crippen molar-refractivity contribution in [2.75, 3.05) is 0 Å². The van der Waals surface area contributed by atoms with E-state index in [4.69, 9.17) is 4.74 Å². The van der Waals surface area contributed by atoms with Crippen LogP contribution in [-0.4, -0.2) is 0 Å². The average molecular weight is 202 g/mol. The molecule has 0 fully saturated rings. The second kappa shape index (κ2) is 6.07. The molecule has 0 saturated carbocycles. The lowest BCUT2D eigenvalue weighted by Crippen LogP contribution is -1.93. The Kier molecular flexibility index (Phi) is 4.69. The lowest BCUT2D eigenvalue weighted by atomic mass is 10.2. The molecule has 0 amide bonds. The Morgan fingerprint density at radius 3 is 2.47 bits per heavy atom. The van der Waals surface area contributed by atoms with Crippen LogP contribution < -0.4 is 4.74 Å². The van der Waals surface area contributed by atoms with Gasteiger partial charge in [0.25, 0.3) is 0 Å². The van der Waals surface area contributed by atoms with Gasteiger partial charge >= 0.3 is 0 Å². The van der Waals surface area contributed by atoms with Crippen molar-refractivity contribution in [1.82, 2.24) is 0 Å². The van der Waals surface area contributed by atoms with E-state index in [9.17, 15) is 0 Å². The van der Waals surface area contributed by atoms with Crippen LogP contribution in [0.3, 0.4) is 0 Å². The van der Waals surface area contributed by atoms with Gasteiger partial charge in [-0.2, -0.15) is 0 Å². The molecule has 0 atom stereocenters. The Bertz CT molecular complexity index is 344. The summed E-state index contributed by atoms with van der Waals surface area (Å²) < 4.78 is 5.73. The topological polar surface area (TPSA) is 9.23 Å².